The third-order valence-corrected chi connectivity index (χ3v) is 3.86. The first-order chi connectivity index (χ1) is 9.24. The van der Waals surface area contributed by atoms with Crippen LogP contribution in [0.2, 0.25) is 0 Å². The molecule has 0 aliphatic heterocycles. The third kappa shape index (κ3) is 2.54. The molecule has 2 aromatic heterocycles. The summed E-state index contributed by atoms with van der Waals surface area (Å²) in [7, 11) is 0. The number of H-pyrrole nitrogens is 1. The van der Waals surface area contributed by atoms with E-state index < -0.39 is 0 Å². The molecule has 0 unspecified atom stereocenters. The van der Waals surface area contributed by atoms with Crippen molar-refractivity contribution in [3.63, 3.8) is 0 Å². The van der Waals surface area contributed by atoms with Gasteiger partial charge in [0.05, 0.1) is 11.1 Å². The first-order valence-electron chi connectivity index (χ1n) is 6.26. The highest BCUT2D eigenvalue weighted by molar-refractivity contribution is 9.10. The monoisotopic (exact) mass is 315 g/mol. The van der Waals surface area contributed by atoms with E-state index in [2.05, 4.69) is 62.1 Å². The third-order valence-electron chi connectivity index (χ3n) is 3.23. The number of benzene rings is 1. The summed E-state index contributed by atoms with van der Waals surface area (Å²) in [4.78, 5) is 11.8. The number of hydrogen-bond donors (Lipinski definition) is 1. The van der Waals surface area contributed by atoms with E-state index in [0.29, 0.717) is 0 Å². The minimum Gasteiger partial charge on any atom is -0.345 e. The number of nitrogens with zero attached hydrogens (tertiary/aromatic N) is 2. The smallest absolute Gasteiger partial charge is 0.142 e. The molecule has 96 valence electrons. The SMILES string of the molecule is Cc1cccc(CCc2ncnc3[nH]cc(Br)c23)c1. The summed E-state index contributed by atoms with van der Waals surface area (Å²) in [5.74, 6) is 0. The van der Waals surface area contributed by atoms with Gasteiger partial charge in [0.25, 0.3) is 0 Å². The van der Waals surface area contributed by atoms with Crippen LogP contribution >= 0.6 is 15.9 Å². The van der Waals surface area contributed by atoms with Gasteiger partial charge in [-0.25, -0.2) is 9.97 Å². The fraction of sp³-hybridized carbons (Fsp3) is 0.200. The number of hydrogen-bond acceptors (Lipinski definition) is 2. The zero-order valence-electron chi connectivity index (χ0n) is 10.7. The second-order valence-corrected chi connectivity index (χ2v) is 5.52. The lowest BCUT2D eigenvalue weighted by Gasteiger charge is -2.04. The topological polar surface area (TPSA) is 41.6 Å². The Kier molecular flexibility index (Phi) is 3.34. The van der Waals surface area contributed by atoms with Gasteiger partial charge in [0.15, 0.2) is 0 Å². The van der Waals surface area contributed by atoms with Gasteiger partial charge in [0.1, 0.15) is 12.0 Å². The lowest BCUT2D eigenvalue weighted by Crippen LogP contribution is -1.96. The van der Waals surface area contributed by atoms with E-state index in [1.165, 1.54) is 11.1 Å². The summed E-state index contributed by atoms with van der Waals surface area (Å²) in [6.45, 7) is 2.12. The van der Waals surface area contributed by atoms with Crippen molar-refractivity contribution in [2.24, 2.45) is 0 Å². The van der Waals surface area contributed by atoms with E-state index >= 15 is 0 Å². The van der Waals surface area contributed by atoms with Crippen molar-refractivity contribution >= 4 is 27.0 Å². The highest BCUT2D eigenvalue weighted by Gasteiger charge is 2.09. The summed E-state index contributed by atoms with van der Waals surface area (Å²) < 4.78 is 1.03. The van der Waals surface area contributed by atoms with Gasteiger partial charge in [-0.2, -0.15) is 0 Å². The second kappa shape index (κ2) is 5.13. The van der Waals surface area contributed by atoms with Crippen LogP contribution in [0.1, 0.15) is 16.8 Å². The van der Waals surface area contributed by atoms with Gasteiger partial charge in [0.2, 0.25) is 0 Å². The molecule has 1 aromatic carbocycles. The minimum absolute atomic E-state index is 0.890. The molecule has 19 heavy (non-hydrogen) atoms. The Morgan fingerprint density at radius 2 is 2.11 bits per heavy atom. The summed E-state index contributed by atoms with van der Waals surface area (Å²) in [5.41, 5.74) is 4.62. The van der Waals surface area contributed by atoms with E-state index in [4.69, 9.17) is 0 Å². The van der Waals surface area contributed by atoms with E-state index in [0.717, 1.165) is 34.0 Å². The van der Waals surface area contributed by atoms with Gasteiger partial charge in [-0.05, 0) is 41.3 Å². The van der Waals surface area contributed by atoms with E-state index in [1.807, 2.05) is 6.20 Å². The standard InChI is InChI=1S/C15H14BrN3/c1-10-3-2-4-11(7-10)5-6-13-14-12(16)8-17-15(14)19-9-18-13/h2-4,7-9H,5-6H2,1H3,(H,17,18,19). The van der Waals surface area contributed by atoms with Crippen LogP contribution in [-0.2, 0) is 12.8 Å². The van der Waals surface area contributed by atoms with Gasteiger partial charge in [-0.15, -0.1) is 0 Å². The molecule has 1 N–H and O–H groups in total. The number of fused-ring (bicyclic) bond motifs is 1. The van der Waals surface area contributed by atoms with Crippen molar-refractivity contribution in [1.82, 2.24) is 15.0 Å². The Bertz CT molecular complexity index is 718. The molecule has 3 nitrogen and oxygen atoms in total. The molecule has 0 atom stereocenters. The normalized spacial score (nSPS) is 11.1. The number of aryl methyl sites for hydroxylation is 3. The van der Waals surface area contributed by atoms with Crippen molar-refractivity contribution in [1.29, 1.82) is 0 Å². The van der Waals surface area contributed by atoms with Crippen molar-refractivity contribution in [2.45, 2.75) is 19.8 Å². The highest BCUT2D eigenvalue weighted by Crippen LogP contribution is 2.25. The molecule has 0 spiro atoms. The van der Waals surface area contributed by atoms with Crippen LogP contribution in [0, 0.1) is 6.92 Å². The van der Waals surface area contributed by atoms with Gasteiger partial charge < -0.3 is 4.98 Å². The Morgan fingerprint density at radius 1 is 1.21 bits per heavy atom. The van der Waals surface area contributed by atoms with Crippen molar-refractivity contribution in [2.75, 3.05) is 0 Å². The first-order valence-corrected chi connectivity index (χ1v) is 7.05. The van der Waals surface area contributed by atoms with Crippen LogP contribution in [0.3, 0.4) is 0 Å². The molecule has 0 radical (unpaired) electrons. The number of rotatable bonds is 3. The van der Waals surface area contributed by atoms with Crippen LogP contribution in [-0.4, -0.2) is 15.0 Å². The molecule has 4 heteroatoms. The summed E-state index contributed by atoms with van der Waals surface area (Å²) in [5, 5.41) is 1.09. The molecule has 0 aliphatic rings. The lowest BCUT2D eigenvalue weighted by molar-refractivity contribution is 0.915. The lowest BCUT2D eigenvalue weighted by atomic mass is 10.0. The van der Waals surface area contributed by atoms with E-state index in [1.54, 1.807) is 6.33 Å². The maximum atomic E-state index is 4.42. The fourth-order valence-electron chi connectivity index (χ4n) is 2.31. The molecular weight excluding hydrogens is 302 g/mol. The van der Waals surface area contributed by atoms with Crippen molar-refractivity contribution < 1.29 is 0 Å². The average molecular weight is 316 g/mol. The Hall–Kier alpha value is -1.68. The molecule has 3 aromatic rings. The average Bonchev–Trinajstić information content (AvgIpc) is 2.79. The van der Waals surface area contributed by atoms with Crippen LogP contribution in [0.15, 0.2) is 41.3 Å². The second-order valence-electron chi connectivity index (χ2n) is 4.67. The molecule has 3 rings (SSSR count). The Balaban J connectivity index is 1.88. The van der Waals surface area contributed by atoms with Crippen LogP contribution in [0.4, 0.5) is 0 Å². The Labute approximate surface area is 120 Å². The minimum atomic E-state index is 0.890. The number of aromatic amines is 1. The van der Waals surface area contributed by atoms with Crippen molar-refractivity contribution in [3.05, 3.63) is 58.1 Å². The molecule has 0 saturated carbocycles. The molecule has 0 amide bonds. The Morgan fingerprint density at radius 3 is 2.95 bits per heavy atom. The number of halogens is 1. The fourth-order valence-corrected chi connectivity index (χ4v) is 2.84. The highest BCUT2D eigenvalue weighted by atomic mass is 79.9. The molecule has 0 fully saturated rings. The quantitative estimate of drug-likeness (QED) is 0.798. The zero-order valence-corrected chi connectivity index (χ0v) is 12.2. The predicted molar refractivity (Wildman–Crippen MR) is 80.2 cm³/mol. The van der Waals surface area contributed by atoms with Gasteiger partial charge in [0, 0.05) is 10.7 Å². The summed E-state index contributed by atoms with van der Waals surface area (Å²) in [6.07, 6.45) is 5.44. The number of aromatic nitrogens is 3. The first kappa shape index (κ1) is 12.4. The van der Waals surface area contributed by atoms with Gasteiger partial charge in [-0.3, -0.25) is 0 Å². The van der Waals surface area contributed by atoms with Gasteiger partial charge in [-0.1, -0.05) is 29.8 Å². The predicted octanol–water partition coefficient (Wildman–Crippen LogP) is 3.81. The van der Waals surface area contributed by atoms with Crippen LogP contribution in [0.25, 0.3) is 11.0 Å². The number of nitrogens with one attached hydrogen (secondary N) is 1. The zero-order chi connectivity index (χ0) is 13.2. The van der Waals surface area contributed by atoms with E-state index in [-0.39, 0.29) is 0 Å². The maximum Gasteiger partial charge on any atom is 0.142 e. The molecular formula is C15H14BrN3. The summed E-state index contributed by atoms with van der Waals surface area (Å²) >= 11 is 3.54. The van der Waals surface area contributed by atoms with Gasteiger partial charge >= 0.3 is 0 Å². The van der Waals surface area contributed by atoms with E-state index in [9.17, 15) is 0 Å². The largest absolute Gasteiger partial charge is 0.345 e. The molecule has 0 aliphatic carbocycles. The maximum absolute atomic E-state index is 4.42. The molecule has 2 heterocycles. The van der Waals surface area contributed by atoms with Crippen molar-refractivity contribution in [3.8, 4) is 0 Å². The molecule has 0 bridgehead atoms. The summed E-state index contributed by atoms with van der Waals surface area (Å²) in [6, 6.07) is 8.61. The van der Waals surface area contributed by atoms with Crippen LogP contribution in [0.5, 0.6) is 0 Å². The molecule has 0 saturated heterocycles. The van der Waals surface area contributed by atoms with Crippen LogP contribution < -0.4 is 0 Å².